The van der Waals surface area contributed by atoms with Crippen LogP contribution in [0.15, 0.2) is 53.6 Å². The summed E-state index contributed by atoms with van der Waals surface area (Å²) < 4.78 is 25.1. The number of aromatic amines is 1. The molecule has 1 heterocycles. The van der Waals surface area contributed by atoms with Gasteiger partial charge in [-0.05, 0) is 40.8 Å². The molecule has 0 fully saturated rings. The second kappa shape index (κ2) is 8.39. The molecule has 31 heavy (non-hydrogen) atoms. The summed E-state index contributed by atoms with van der Waals surface area (Å²) in [6, 6.07) is 10.5. The monoisotopic (exact) mass is 439 g/mol. The Morgan fingerprint density at radius 2 is 1.77 bits per heavy atom. The highest BCUT2D eigenvalue weighted by atomic mass is 32.2. The smallest absolute Gasteiger partial charge is 0.274 e. The second-order valence-electron chi connectivity index (χ2n) is 8.31. The van der Waals surface area contributed by atoms with Gasteiger partial charge in [0.2, 0.25) is 10.0 Å². The Morgan fingerprint density at radius 3 is 2.35 bits per heavy atom. The molecule has 7 nitrogen and oxygen atoms in total. The number of hydrogen-bond donors (Lipinski definition) is 3. The van der Waals surface area contributed by atoms with Crippen LogP contribution in [-0.2, 0) is 15.4 Å². The summed E-state index contributed by atoms with van der Waals surface area (Å²) in [5.41, 5.74) is 2.69. The molecule has 8 heteroatoms. The van der Waals surface area contributed by atoms with E-state index in [1.54, 1.807) is 42.5 Å². The van der Waals surface area contributed by atoms with Gasteiger partial charge in [-0.15, -0.1) is 0 Å². The summed E-state index contributed by atoms with van der Waals surface area (Å²) in [5.74, 6) is -0.0381. The van der Waals surface area contributed by atoms with Crippen molar-refractivity contribution in [1.82, 2.24) is 9.97 Å². The number of benzene rings is 2. The van der Waals surface area contributed by atoms with Crippen molar-refractivity contribution in [2.45, 2.75) is 26.2 Å². The van der Waals surface area contributed by atoms with E-state index < -0.39 is 10.0 Å². The zero-order chi connectivity index (χ0) is 22.8. The Bertz CT molecular complexity index is 1290. The topological polar surface area (TPSA) is 112 Å². The van der Waals surface area contributed by atoms with Crippen molar-refractivity contribution in [3.8, 4) is 17.0 Å². The SMILES string of the molecule is CC(C)(C)c1cc(/C=C/c2ccc(NS(C)(=O)=O)cc2)c(O)c(-c2ncc[nH]c2=O)c1. The number of aromatic nitrogens is 2. The molecule has 3 rings (SSSR count). The second-order valence-corrected chi connectivity index (χ2v) is 10.1. The van der Waals surface area contributed by atoms with Gasteiger partial charge in [0.25, 0.3) is 5.56 Å². The van der Waals surface area contributed by atoms with Crippen molar-refractivity contribution in [3.63, 3.8) is 0 Å². The van der Waals surface area contributed by atoms with Crippen molar-refractivity contribution in [3.05, 3.63) is 75.8 Å². The molecule has 0 aliphatic carbocycles. The van der Waals surface area contributed by atoms with Gasteiger partial charge in [-0.25, -0.2) is 13.4 Å². The average molecular weight is 440 g/mol. The molecule has 0 spiro atoms. The maximum atomic E-state index is 12.3. The third kappa shape index (κ3) is 5.61. The van der Waals surface area contributed by atoms with E-state index in [1.165, 1.54) is 12.4 Å². The number of rotatable bonds is 5. The molecule has 0 aliphatic heterocycles. The molecule has 0 atom stereocenters. The van der Waals surface area contributed by atoms with E-state index >= 15 is 0 Å². The van der Waals surface area contributed by atoms with Gasteiger partial charge in [0.15, 0.2) is 0 Å². The molecule has 3 aromatic rings. The highest BCUT2D eigenvalue weighted by Crippen LogP contribution is 2.36. The third-order valence-electron chi connectivity index (χ3n) is 4.64. The van der Waals surface area contributed by atoms with Gasteiger partial charge in [0.05, 0.1) is 6.26 Å². The number of nitrogens with zero attached hydrogens (tertiary/aromatic N) is 1. The van der Waals surface area contributed by atoms with Crippen molar-refractivity contribution in [2.24, 2.45) is 0 Å². The third-order valence-corrected chi connectivity index (χ3v) is 5.24. The summed E-state index contributed by atoms with van der Waals surface area (Å²) in [6.45, 7) is 6.15. The Labute approximate surface area is 181 Å². The quantitative estimate of drug-likeness (QED) is 0.521. The van der Waals surface area contributed by atoms with Crippen LogP contribution in [0.1, 0.15) is 37.5 Å². The van der Waals surface area contributed by atoms with Gasteiger partial charge in [-0.2, -0.15) is 0 Å². The number of aromatic hydroxyl groups is 1. The summed E-state index contributed by atoms with van der Waals surface area (Å²) in [5, 5.41) is 10.9. The molecule has 2 aromatic carbocycles. The van der Waals surface area contributed by atoms with Crippen LogP contribution < -0.4 is 10.3 Å². The van der Waals surface area contributed by atoms with E-state index in [1.807, 2.05) is 26.8 Å². The van der Waals surface area contributed by atoms with Crippen LogP contribution in [0.5, 0.6) is 5.75 Å². The Balaban J connectivity index is 2.03. The van der Waals surface area contributed by atoms with Crippen LogP contribution in [0, 0.1) is 0 Å². The van der Waals surface area contributed by atoms with Gasteiger partial charge in [0.1, 0.15) is 11.4 Å². The van der Waals surface area contributed by atoms with Gasteiger partial charge in [0, 0.05) is 29.2 Å². The number of sulfonamides is 1. The fraction of sp³-hybridized carbons (Fsp3) is 0.217. The van der Waals surface area contributed by atoms with Crippen molar-refractivity contribution >= 4 is 27.9 Å². The first kappa shape index (κ1) is 22.3. The number of nitrogens with one attached hydrogen (secondary N) is 2. The maximum absolute atomic E-state index is 12.3. The van der Waals surface area contributed by atoms with E-state index in [4.69, 9.17) is 0 Å². The molecule has 0 unspecified atom stereocenters. The Morgan fingerprint density at radius 1 is 1.10 bits per heavy atom. The molecule has 162 valence electrons. The lowest BCUT2D eigenvalue weighted by atomic mass is 9.84. The van der Waals surface area contributed by atoms with Crippen LogP contribution in [0.4, 0.5) is 5.69 Å². The van der Waals surface area contributed by atoms with Gasteiger partial charge in [-0.1, -0.05) is 45.1 Å². The number of phenols is 1. The maximum Gasteiger partial charge on any atom is 0.274 e. The zero-order valence-corrected chi connectivity index (χ0v) is 18.6. The molecule has 0 saturated carbocycles. The van der Waals surface area contributed by atoms with Gasteiger partial charge < -0.3 is 10.1 Å². The predicted octanol–water partition coefficient (Wildman–Crippen LogP) is 3.98. The standard InChI is InChI=1S/C23H25N3O4S/c1-23(2,3)17-13-16(21(27)19(14-17)20-22(28)25-12-11-24-20)8-5-15-6-9-18(10-7-15)26-31(4,29)30/h5-14,26-27H,1-4H3,(H,25,28)/b8-5+. The number of anilines is 1. The summed E-state index contributed by atoms with van der Waals surface area (Å²) in [6.07, 6.45) is 7.57. The average Bonchev–Trinajstić information content (AvgIpc) is 2.67. The van der Waals surface area contributed by atoms with E-state index in [0.29, 0.717) is 16.8 Å². The van der Waals surface area contributed by atoms with Crippen molar-refractivity contribution in [2.75, 3.05) is 11.0 Å². The lowest BCUT2D eigenvalue weighted by Crippen LogP contribution is -2.14. The minimum Gasteiger partial charge on any atom is -0.507 e. The minimum atomic E-state index is -3.34. The first-order chi connectivity index (χ1) is 14.4. The fourth-order valence-corrected chi connectivity index (χ4v) is 3.57. The first-order valence-electron chi connectivity index (χ1n) is 9.61. The lowest BCUT2D eigenvalue weighted by Gasteiger charge is -2.21. The number of phenolic OH excluding ortho intramolecular Hbond substituents is 1. The molecular weight excluding hydrogens is 414 g/mol. The highest BCUT2D eigenvalue weighted by molar-refractivity contribution is 7.92. The highest BCUT2D eigenvalue weighted by Gasteiger charge is 2.20. The first-order valence-corrected chi connectivity index (χ1v) is 11.5. The summed E-state index contributed by atoms with van der Waals surface area (Å²) in [4.78, 5) is 19.0. The Hall–Kier alpha value is -3.39. The summed E-state index contributed by atoms with van der Waals surface area (Å²) in [7, 11) is -3.34. The minimum absolute atomic E-state index is 0.0381. The fourth-order valence-electron chi connectivity index (χ4n) is 3.00. The largest absolute Gasteiger partial charge is 0.507 e. The lowest BCUT2D eigenvalue weighted by molar-refractivity contribution is 0.474. The van der Waals surface area contributed by atoms with Crippen molar-refractivity contribution in [1.29, 1.82) is 0 Å². The van der Waals surface area contributed by atoms with Crippen LogP contribution in [0.25, 0.3) is 23.4 Å². The van der Waals surface area contributed by atoms with E-state index in [0.717, 1.165) is 17.4 Å². The molecule has 0 amide bonds. The number of H-pyrrole nitrogens is 1. The Kier molecular flexibility index (Phi) is 6.03. The molecule has 0 radical (unpaired) electrons. The van der Waals surface area contributed by atoms with Crippen LogP contribution in [0.3, 0.4) is 0 Å². The normalized spacial score (nSPS) is 12.3. The molecule has 3 N–H and O–H groups in total. The van der Waals surface area contributed by atoms with Gasteiger partial charge >= 0.3 is 0 Å². The van der Waals surface area contributed by atoms with Crippen LogP contribution >= 0.6 is 0 Å². The molecule has 0 aliphatic rings. The van der Waals surface area contributed by atoms with Gasteiger partial charge in [-0.3, -0.25) is 9.52 Å². The molecular formula is C23H25N3O4S. The van der Waals surface area contributed by atoms with E-state index in [2.05, 4.69) is 14.7 Å². The summed E-state index contributed by atoms with van der Waals surface area (Å²) >= 11 is 0. The molecule has 0 bridgehead atoms. The molecule has 0 saturated heterocycles. The van der Waals surface area contributed by atoms with E-state index in [9.17, 15) is 18.3 Å². The zero-order valence-electron chi connectivity index (χ0n) is 17.8. The van der Waals surface area contributed by atoms with Crippen LogP contribution in [0.2, 0.25) is 0 Å². The molecule has 1 aromatic heterocycles. The number of hydrogen-bond acceptors (Lipinski definition) is 5. The predicted molar refractivity (Wildman–Crippen MR) is 124 cm³/mol. The van der Waals surface area contributed by atoms with Crippen molar-refractivity contribution < 1.29 is 13.5 Å². The van der Waals surface area contributed by atoms with E-state index in [-0.39, 0.29) is 22.4 Å². The van der Waals surface area contributed by atoms with Crippen LogP contribution in [-0.4, -0.2) is 29.7 Å².